The van der Waals surface area contributed by atoms with Gasteiger partial charge in [0.15, 0.2) is 11.2 Å². The van der Waals surface area contributed by atoms with E-state index >= 15 is 0 Å². The Morgan fingerprint density at radius 3 is 1.33 bits per heavy atom. The molecular formula is C20H26O4. The molecule has 24 heavy (non-hydrogen) atoms. The normalized spacial score (nSPS) is 21.5. The van der Waals surface area contributed by atoms with Gasteiger partial charge in [-0.05, 0) is 51.4 Å². The average Bonchev–Trinajstić information content (AvgIpc) is 2.61. The third kappa shape index (κ3) is 4.74. The van der Waals surface area contributed by atoms with Crippen LogP contribution in [-0.4, -0.2) is 23.1 Å². The molecule has 0 aromatic carbocycles. The van der Waals surface area contributed by atoms with Crippen molar-refractivity contribution in [2.45, 2.75) is 75.4 Å². The third-order valence-electron chi connectivity index (χ3n) is 4.77. The minimum absolute atomic E-state index is 0.452. The largest absolute Gasteiger partial charge is 0.443 e. The molecule has 0 aromatic rings. The first-order valence-corrected chi connectivity index (χ1v) is 8.78. The summed E-state index contributed by atoms with van der Waals surface area (Å²) in [6, 6.07) is 0. The first-order valence-electron chi connectivity index (χ1n) is 8.78. The zero-order chi connectivity index (χ0) is 17.5. The van der Waals surface area contributed by atoms with Crippen LogP contribution < -0.4 is 0 Å². The second-order valence-electron chi connectivity index (χ2n) is 6.61. The third-order valence-corrected chi connectivity index (χ3v) is 4.77. The molecule has 0 spiro atoms. The standard InChI is InChI=1S/C20H26O4/c1-3-17(21)23-19(11-7-5-8-12-19)15-16-20(24-18(22)4-2)13-9-6-10-14-20/h3-4H,1-2,5-14H2. The molecule has 0 unspecified atom stereocenters. The molecule has 0 N–H and O–H groups in total. The molecule has 0 aromatic heterocycles. The molecular weight excluding hydrogens is 304 g/mol. The van der Waals surface area contributed by atoms with Gasteiger partial charge in [-0.25, -0.2) is 9.59 Å². The van der Waals surface area contributed by atoms with Crippen LogP contribution in [0.5, 0.6) is 0 Å². The molecule has 4 heteroatoms. The van der Waals surface area contributed by atoms with E-state index in [-0.39, 0.29) is 0 Å². The van der Waals surface area contributed by atoms with E-state index in [9.17, 15) is 9.59 Å². The summed E-state index contributed by atoms with van der Waals surface area (Å²) in [4.78, 5) is 23.5. The summed E-state index contributed by atoms with van der Waals surface area (Å²) in [7, 11) is 0. The molecule has 2 aliphatic carbocycles. The molecule has 0 bridgehead atoms. The highest BCUT2D eigenvalue weighted by Crippen LogP contribution is 2.34. The summed E-state index contributed by atoms with van der Waals surface area (Å²) >= 11 is 0. The van der Waals surface area contributed by atoms with Crippen LogP contribution in [0, 0.1) is 11.8 Å². The molecule has 0 amide bonds. The summed E-state index contributed by atoms with van der Waals surface area (Å²) in [6.45, 7) is 6.94. The molecule has 0 atom stereocenters. The lowest BCUT2D eigenvalue weighted by atomic mass is 9.81. The highest BCUT2D eigenvalue weighted by Gasteiger charge is 2.37. The maximum Gasteiger partial charge on any atom is 0.331 e. The molecule has 130 valence electrons. The fourth-order valence-electron chi connectivity index (χ4n) is 3.45. The second kappa shape index (κ2) is 8.19. The zero-order valence-electron chi connectivity index (χ0n) is 14.3. The highest BCUT2D eigenvalue weighted by molar-refractivity contribution is 5.82. The van der Waals surface area contributed by atoms with Crippen molar-refractivity contribution in [2.24, 2.45) is 0 Å². The van der Waals surface area contributed by atoms with Crippen molar-refractivity contribution >= 4 is 11.9 Å². The van der Waals surface area contributed by atoms with E-state index in [4.69, 9.17) is 9.47 Å². The summed E-state index contributed by atoms with van der Waals surface area (Å²) < 4.78 is 11.2. The van der Waals surface area contributed by atoms with Gasteiger partial charge >= 0.3 is 11.9 Å². The summed E-state index contributed by atoms with van der Waals surface area (Å²) in [5.74, 6) is 5.47. The number of hydrogen-bond acceptors (Lipinski definition) is 4. The molecule has 0 aliphatic heterocycles. The molecule has 2 aliphatic rings. The Bertz CT molecular complexity index is 504. The molecule has 0 heterocycles. The van der Waals surface area contributed by atoms with E-state index in [0.29, 0.717) is 25.7 Å². The first kappa shape index (κ1) is 18.3. The predicted octanol–water partition coefficient (Wildman–Crippen LogP) is 3.85. The minimum Gasteiger partial charge on any atom is -0.443 e. The quantitative estimate of drug-likeness (QED) is 0.446. The smallest absolute Gasteiger partial charge is 0.331 e. The van der Waals surface area contributed by atoms with Crippen LogP contribution in [0.4, 0.5) is 0 Å². The fraction of sp³-hybridized carbons (Fsp3) is 0.600. The fourth-order valence-corrected chi connectivity index (χ4v) is 3.45. The van der Waals surface area contributed by atoms with Crippen molar-refractivity contribution in [2.75, 3.05) is 0 Å². The van der Waals surface area contributed by atoms with Crippen molar-refractivity contribution < 1.29 is 19.1 Å². The van der Waals surface area contributed by atoms with Crippen molar-refractivity contribution in [1.29, 1.82) is 0 Å². The number of hydrogen-bond donors (Lipinski definition) is 0. The second-order valence-corrected chi connectivity index (χ2v) is 6.61. The lowest BCUT2D eigenvalue weighted by Crippen LogP contribution is -2.39. The number of rotatable bonds is 4. The number of carbonyl (C=O) groups excluding carboxylic acids is 2. The lowest BCUT2D eigenvalue weighted by molar-refractivity contribution is -0.152. The van der Waals surface area contributed by atoms with Gasteiger partial charge in [0.2, 0.25) is 0 Å². The van der Waals surface area contributed by atoms with Crippen molar-refractivity contribution in [3.05, 3.63) is 25.3 Å². The Hall–Kier alpha value is -2.02. The van der Waals surface area contributed by atoms with Gasteiger partial charge in [-0.2, -0.15) is 0 Å². The van der Waals surface area contributed by atoms with Crippen molar-refractivity contribution in [1.82, 2.24) is 0 Å². The summed E-state index contributed by atoms with van der Waals surface area (Å²) in [5, 5.41) is 0. The Balaban J connectivity index is 2.27. The van der Waals surface area contributed by atoms with E-state index in [0.717, 1.165) is 38.5 Å². The van der Waals surface area contributed by atoms with Crippen LogP contribution in [-0.2, 0) is 19.1 Å². The van der Waals surface area contributed by atoms with E-state index < -0.39 is 23.1 Å². The van der Waals surface area contributed by atoms with Crippen LogP contribution in [0.25, 0.3) is 0 Å². The minimum atomic E-state index is -0.783. The van der Waals surface area contributed by atoms with Gasteiger partial charge in [0.05, 0.1) is 0 Å². The molecule has 4 nitrogen and oxygen atoms in total. The van der Waals surface area contributed by atoms with Gasteiger partial charge in [0.1, 0.15) is 0 Å². The van der Waals surface area contributed by atoms with E-state index in [2.05, 4.69) is 25.0 Å². The highest BCUT2D eigenvalue weighted by atomic mass is 16.6. The predicted molar refractivity (Wildman–Crippen MR) is 92.0 cm³/mol. The Morgan fingerprint density at radius 2 is 1.04 bits per heavy atom. The summed E-state index contributed by atoms with van der Waals surface area (Å²) in [5.41, 5.74) is -1.57. The van der Waals surface area contributed by atoms with Crippen molar-refractivity contribution in [3.63, 3.8) is 0 Å². The molecule has 2 fully saturated rings. The summed E-state index contributed by atoms with van der Waals surface area (Å²) in [6.07, 6.45) is 11.3. The molecule has 0 saturated heterocycles. The van der Waals surface area contributed by atoms with Crippen LogP contribution in [0.3, 0.4) is 0 Å². The maximum atomic E-state index is 11.7. The number of carbonyl (C=O) groups is 2. The van der Waals surface area contributed by atoms with E-state index in [1.807, 2.05) is 0 Å². The molecule has 0 radical (unpaired) electrons. The number of ether oxygens (including phenoxy) is 2. The Morgan fingerprint density at radius 1 is 0.708 bits per heavy atom. The molecule has 2 rings (SSSR count). The van der Waals surface area contributed by atoms with Crippen LogP contribution in [0.1, 0.15) is 64.2 Å². The van der Waals surface area contributed by atoms with Gasteiger partial charge in [-0.3, -0.25) is 0 Å². The van der Waals surface area contributed by atoms with Gasteiger partial charge in [0, 0.05) is 12.2 Å². The maximum absolute atomic E-state index is 11.7. The van der Waals surface area contributed by atoms with Gasteiger partial charge in [-0.1, -0.05) is 37.8 Å². The first-order chi connectivity index (χ1) is 11.5. The van der Waals surface area contributed by atoms with Gasteiger partial charge in [0.25, 0.3) is 0 Å². The van der Waals surface area contributed by atoms with Gasteiger partial charge in [-0.15, -0.1) is 0 Å². The monoisotopic (exact) mass is 330 g/mol. The Labute approximate surface area is 144 Å². The van der Waals surface area contributed by atoms with Gasteiger partial charge < -0.3 is 9.47 Å². The Kier molecular flexibility index (Phi) is 6.25. The topological polar surface area (TPSA) is 52.6 Å². The lowest BCUT2D eigenvalue weighted by Gasteiger charge is -2.34. The van der Waals surface area contributed by atoms with Crippen LogP contribution in [0.2, 0.25) is 0 Å². The van der Waals surface area contributed by atoms with Crippen molar-refractivity contribution in [3.8, 4) is 11.8 Å². The zero-order valence-corrected chi connectivity index (χ0v) is 14.3. The molecule has 2 saturated carbocycles. The number of esters is 2. The van der Waals surface area contributed by atoms with Crippen LogP contribution >= 0.6 is 0 Å². The van der Waals surface area contributed by atoms with E-state index in [1.165, 1.54) is 12.2 Å². The average molecular weight is 330 g/mol. The van der Waals surface area contributed by atoms with E-state index in [1.54, 1.807) is 0 Å². The SMILES string of the molecule is C=CC(=O)OC1(C#CC2(OC(=O)C=C)CCCCC2)CCCCC1. The van der Waals surface area contributed by atoms with Crippen LogP contribution in [0.15, 0.2) is 25.3 Å².